The Balaban J connectivity index is 1.61. The van der Waals surface area contributed by atoms with Gasteiger partial charge in [0.2, 0.25) is 0 Å². The van der Waals surface area contributed by atoms with Crippen LogP contribution < -0.4 is 4.90 Å². The molecule has 0 radical (unpaired) electrons. The lowest BCUT2D eigenvalue weighted by Gasteiger charge is -2.39. The Morgan fingerprint density at radius 1 is 1.07 bits per heavy atom. The molecule has 0 N–H and O–H groups in total. The van der Waals surface area contributed by atoms with E-state index in [4.69, 9.17) is 14.5 Å². The van der Waals surface area contributed by atoms with Crippen LogP contribution in [-0.4, -0.2) is 49.4 Å². The third kappa shape index (κ3) is 4.32. The summed E-state index contributed by atoms with van der Waals surface area (Å²) in [6.45, 7) is 1.49. The van der Waals surface area contributed by atoms with Gasteiger partial charge in [0.25, 0.3) is 0 Å². The van der Waals surface area contributed by atoms with Crippen molar-refractivity contribution in [1.29, 1.82) is 0 Å². The number of hydrogen-bond donors (Lipinski definition) is 0. The van der Waals surface area contributed by atoms with Crippen molar-refractivity contribution in [2.24, 2.45) is 0 Å². The molecule has 1 fully saturated rings. The second kappa shape index (κ2) is 8.76. The molecule has 0 aliphatic carbocycles. The molecule has 3 aromatic rings. The number of hydrogen-bond acceptors (Lipinski definition) is 6. The molecule has 0 bridgehead atoms. The van der Waals surface area contributed by atoms with Crippen molar-refractivity contribution in [3.05, 3.63) is 77.6 Å². The zero-order valence-corrected chi connectivity index (χ0v) is 16.8. The topological polar surface area (TPSA) is 64.5 Å². The number of rotatable bonds is 4. The SMILES string of the molecule is COC(=O)c1cc(-c2ccc(C#Cc3cccnc3)cc2)nc(N2CC(OC)C2)c1. The number of benzene rings is 1. The van der Waals surface area contributed by atoms with Crippen LogP contribution in [0.2, 0.25) is 0 Å². The van der Waals surface area contributed by atoms with Crippen LogP contribution in [0.5, 0.6) is 0 Å². The van der Waals surface area contributed by atoms with Crippen molar-refractivity contribution in [3.63, 3.8) is 0 Å². The third-order valence-electron chi connectivity index (χ3n) is 4.93. The van der Waals surface area contributed by atoms with Crippen molar-refractivity contribution >= 4 is 11.8 Å². The smallest absolute Gasteiger partial charge is 0.338 e. The molecule has 1 aromatic carbocycles. The highest BCUT2D eigenvalue weighted by molar-refractivity contribution is 5.91. The monoisotopic (exact) mass is 399 g/mol. The van der Waals surface area contributed by atoms with E-state index in [0.29, 0.717) is 11.3 Å². The zero-order valence-electron chi connectivity index (χ0n) is 16.8. The molecule has 150 valence electrons. The van der Waals surface area contributed by atoms with E-state index in [-0.39, 0.29) is 12.1 Å². The summed E-state index contributed by atoms with van der Waals surface area (Å²) in [6.07, 6.45) is 3.64. The Kier molecular flexibility index (Phi) is 5.73. The minimum Gasteiger partial charge on any atom is -0.465 e. The number of carbonyl (C=O) groups excluding carboxylic acids is 1. The van der Waals surface area contributed by atoms with Gasteiger partial charge in [0.15, 0.2) is 0 Å². The van der Waals surface area contributed by atoms with Gasteiger partial charge in [-0.15, -0.1) is 0 Å². The molecule has 0 saturated carbocycles. The van der Waals surface area contributed by atoms with Gasteiger partial charge in [-0.2, -0.15) is 0 Å². The summed E-state index contributed by atoms with van der Waals surface area (Å²) < 4.78 is 10.3. The molecular formula is C24H21N3O3. The van der Waals surface area contributed by atoms with Crippen LogP contribution in [0.15, 0.2) is 60.9 Å². The average molecular weight is 399 g/mol. The fraction of sp³-hybridized carbons (Fsp3) is 0.208. The molecule has 1 aliphatic rings. The van der Waals surface area contributed by atoms with Crippen LogP contribution in [-0.2, 0) is 9.47 Å². The van der Waals surface area contributed by atoms with E-state index in [2.05, 4.69) is 21.7 Å². The van der Waals surface area contributed by atoms with E-state index in [9.17, 15) is 4.79 Å². The molecule has 6 heteroatoms. The number of anilines is 1. The lowest BCUT2D eigenvalue weighted by molar-refractivity contribution is 0.0600. The Bertz CT molecular complexity index is 1100. The Hall–Kier alpha value is -3.69. The number of esters is 1. The summed E-state index contributed by atoms with van der Waals surface area (Å²) in [5.74, 6) is 6.57. The van der Waals surface area contributed by atoms with Gasteiger partial charge in [-0.25, -0.2) is 9.78 Å². The maximum absolute atomic E-state index is 12.2. The summed E-state index contributed by atoms with van der Waals surface area (Å²) in [4.78, 5) is 23.1. The van der Waals surface area contributed by atoms with Crippen molar-refractivity contribution < 1.29 is 14.3 Å². The second-order valence-corrected chi connectivity index (χ2v) is 6.92. The third-order valence-corrected chi connectivity index (χ3v) is 4.93. The van der Waals surface area contributed by atoms with E-state index in [1.54, 1.807) is 31.6 Å². The maximum atomic E-state index is 12.2. The van der Waals surface area contributed by atoms with Gasteiger partial charge in [0.1, 0.15) is 5.82 Å². The molecule has 0 atom stereocenters. The molecule has 30 heavy (non-hydrogen) atoms. The highest BCUT2D eigenvalue weighted by atomic mass is 16.5. The Morgan fingerprint density at radius 3 is 2.50 bits per heavy atom. The highest BCUT2D eigenvalue weighted by Crippen LogP contribution is 2.27. The number of ether oxygens (including phenoxy) is 2. The van der Waals surface area contributed by atoms with Crippen LogP contribution >= 0.6 is 0 Å². The Labute approximate surface area is 175 Å². The van der Waals surface area contributed by atoms with Crippen molar-refractivity contribution in [1.82, 2.24) is 9.97 Å². The van der Waals surface area contributed by atoms with E-state index < -0.39 is 0 Å². The van der Waals surface area contributed by atoms with Gasteiger partial charge in [-0.3, -0.25) is 4.98 Å². The minimum atomic E-state index is -0.386. The average Bonchev–Trinajstić information content (AvgIpc) is 2.77. The lowest BCUT2D eigenvalue weighted by Crippen LogP contribution is -2.52. The van der Waals surface area contributed by atoms with Gasteiger partial charge in [-0.1, -0.05) is 24.0 Å². The first-order valence-electron chi connectivity index (χ1n) is 9.57. The molecule has 1 saturated heterocycles. The van der Waals surface area contributed by atoms with Gasteiger partial charge in [0.05, 0.1) is 24.5 Å². The van der Waals surface area contributed by atoms with Crippen LogP contribution in [0.3, 0.4) is 0 Å². The van der Waals surface area contributed by atoms with E-state index in [0.717, 1.165) is 35.6 Å². The molecule has 0 spiro atoms. The number of carbonyl (C=O) groups is 1. The van der Waals surface area contributed by atoms with E-state index in [1.807, 2.05) is 36.4 Å². The van der Waals surface area contributed by atoms with Gasteiger partial charge in [0, 0.05) is 49.3 Å². The first-order chi connectivity index (χ1) is 14.7. The number of aromatic nitrogens is 2. The maximum Gasteiger partial charge on any atom is 0.338 e. The second-order valence-electron chi connectivity index (χ2n) is 6.92. The summed E-state index contributed by atoms with van der Waals surface area (Å²) in [5, 5.41) is 0. The van der Waals surface area contributed by atoms with Crippen molar-refractivity contribution in [2.45, 2.75) is 6.10 Å². The molecule has 0 unspecified atom stereocenters. The molecular weight excluding hydrogens is 378 g/mol. The van der Waals surface area contributed by atoms with Crippen molar-refractivity contribution in [2.75, 3.05) is 32.2 Å². The van der Waals surface area contributed by atoms with Crippen LogP contribution in [0.4, 0.5) is 5.82 Å². The standard InChI is InChI=1S/C24H21N3O3/c1-29-21-15-27(16-21)23-13-20(24(28)30-2)12-22(26-23)19-9-7-17(8-10-19)5-6-18-4-3-11-25-14-18/h3-4,7-14,21H,15-16H2,1-2H3. The summed E-state index contributed by atoms with van der Waals surface area (Å²) in [7, 11) is 3.08. The largest absolute Gasteiger partial charge is 0.465 e. The van der Waals surface area contributed by atoms with E-state index in [1.165, 1.54) is 7.11 Å². The first kappa shape index (κ1) is 19.6. The molecule has 0 amide bonds. The normalized spacial score (nSPS) is 13.2. The minimum absolute atomic E-state index is 0.190. The molecule has 3 heterocycles. The summed E-state index contributed by atoms with van der Waals surface area (Å²) in [5.41, 5.74) is 3.83. The highest BCUT2D eigenvalue weighted by Gasteiger charge is 2.28. The lowest BCUT2D eigenvalue weighted by atomic mass is 10.1. The summed E-state index contributed by atoms with van der Waals surface area (Å²) in [6, 6.07) is 15.1. The fourth-order valence-corrected chi connectivity index (χ4v) is 3.14. The van der Waals surface area contributed by atoms with Gasteiger partial charge in [-0.05, 0) is 36.4 Å². The molecule has 6 nitrogen and oxygen atoms in total. The fourth-order valence-electron chi connectivity index (χ4n) is 3.14. The van der Waals surface area contributed by atoms with Gasteiger partial charge >= 0.3 is 5.97 Å². The first-order valence-corrected chi connectivity index (χ1v) is 9.57. The predicted octanol–water partition coefficient (Wildman–Crippen LogP) is 3.17. The van der Waals surface area contributed by atoms with Crippen LogP contribution in [0, 0.1) is 11.8 Å². The quantitative estimate of drug-likeness (QED) is 0.496. The molecule has 4 rings (SSSR count). The van der Waals surface area contributed by atoms with Crippen LogP contribution in [0.25, 0.3) is 11.3 Å². The number of nitrogens with zero attached hydrogens (tertiary/aromatic N) is 3. The van der Waals surface area contributed by atoms with Crippen LogP contribution in [0.1, 0.15) is 21.5 Å². The summed E-state index contributed by atoms with van der Waals surface area (Å²) >= 11 is 0. The molecule has 1 aliphatic heterocycles. The Morgan fingerprint density at radius 2 is 1.83 bits per heavy atom. The number of methoxy groups -OCH3 is 2. The zero-order chi connectivity index (χ0) is 20.9. The molecule has 2 aromatic heterocycles. The van der Waals surface area contributed by atoms with Gasteiger partial charge < -0.3 is 14.4 Å². The number of pyridine rings is 2. The van der Waals surface area contributed by atoms with Crippen molar-refractivity contribution in [3.8, 4) is 23.1 Å². The van der Waals surface area contributed by atoms with E-state index >= 15 is 0 Å². The predicted molar refractivity (Wildman–Crippen MR) is 114 cm³/mol.